The van der Waals surface area contributed by atoms with Crippen LogP contribution in [0.1, 0.15) is 36.4 Å². The molecule has 1 N–H and O–H groups in total. The van der Waals surface area contributed by atoms with Crippen LogP contribution in [0.3, 0.4) is 0 Å². The van der Waals surface area contributed by atoms with Gasteiger partial charge in [-0.2, -0.15) is 0 Å². The van der Waals surface area contributed by atoms with Gasteiger partial charge in [-0.05, 0) is 37.9 Å². The average Bonchev–Trinajstić information content (AvgIpc) is 2.72. The van der Waals surface area contributed by atoms with Gasteiger partial charge in [-0.3, -0.25) is 4.90 Å². The molecule has 3 heterocycles. The van der Waals surface area contributed by atoms with E-state index in [1.165, 1.54) is 22.2 Å². The predicted octanol–water partition coefficient (Wildman–Crippen LogP) is 2.46. The van der Waals surface area contributed by atoms with E-state index in [0.717, 1.165) is 25.8 Å². The minimum atomic E-state index is -0.346. The Balaban J connectivity index is 2.10. The van der Waals surface area contributed by atoms with Crippen LogP contribution in [0.15, 0.2) is 24.3 Å². The average molecular weight is 242 g/mol. The zero-order valence-corrected chi connectivity index (χ0v) is 10.6. The molecule has 4 rings (SSSR count). The highest BCUT2D eigenvalue weighted by Gasteiger charge is 2.35. The number of fused-ring (bicyclic) bond motifs is 3. The molecule has 0 radical (unpaired) electrons. The monoisotopic (exact) mass is 242 g/mol. The van der Waals surface area contributed by atoms with Crippen LogP contribution in [0.4, 0.5) is 0 Å². The van der Waals surface area contributed by atoms with E-state index in [0.29, 0.717) is 6.04 Å². The first kappa shape index (κ1) is 10.6. The number of nitrogens with zero attached hydrogens (tertiary/aromatic N) is 2. The summed E-state index contributed by atoms with van der Waals surface area (Å²) < 4.78 is 2.18. The number of aromatic nitrogens is 1. The smallest absolute Gasteiger partial charge is 0.131 e. The highest BCUT2D eigenvalue weighted by molar-refractivity contribution is 5.86. The fourth-order valence-corrected chi connectivity index (χ4v) is 3.74. The molecule has 94 valence electrons. The predicted molar refractivity (Wildman–Crippen MR) is 71.5 cm³/mol. The van der Waals surface area contributed by atoms with Crippen molar-refractivity contribution in [3.63, 3.8) is 0 Å². The minimum Gasteiger partial charge on any atom is -0.373 e. The van der Waals surface area contributed by atoms with Gasteiger partial charge in [0.05, 0.1) is 11.6 Å². The molecule has 3 nitrogen and oxygen atoms in total. The number of para-hydroxylation sites is 1. The minimum absolute atomic E-state index is 0.346. The van der Waals surface area contributed by atoms with E-state index >= 15 is 0 Å². The van der Waals surface area contributed by atoms with Gasteiger partial charge in [0.2, 0.25) is 0 Å². The van der Waals surface area contributed by atoms with E-state index in [2.05, 4.69) is 40.8 Å². The lowest BCUT2D eigenvalue weighted by molar-refractivity contribution is 0.0507. The molecule has 0 spiro atoms. The molecule has 18 heavy (non-hydrogen) atoms. The van der Waals surface area contributed by atoms with Crippen molar-refractivity contribution >= 4 is 10.9 Å². The summed E-state index contributed by atoms with van der Waals surface area (Å²) in [6.45, 7) is 1.13. The first-order valence-electron chi connectivity index (χ1n) is 6.77. The van der Waals surface area contributed by atoms with Gasteiger partial charge >= 0.3 is 0 Å². The number of likely N-dealkylation sites (N-methyl/N-ethyl adjacent to an activating group) is 1. The van der Waals surface area contributed by atoms with Crippen LogP contribution in [0.5, 0.6) is 0 Å². The summed E-state index contributed by atoms with van der Waals surface area (Å²) in [6, 6.07) is 9.00. The standard InChI is InChI=1S/C15H18N2O/c1-16-9-8-11-10-4-2-3-5-12(10)17-14(18)7-6-13(16)15(11)17/h2-5,13-14,18H,6-9H2,1H3/t13-,14-/m0/s1. The van der Waals surface area contributed by atoms with Crippen LogP contribution in [-0.2, 0) is 6.42 Å². The highest BCUT2D eigenvalue weighted by Crippen LogP contribution is 2.44. The summed E-state index contributed by atoms with van der Waals surface area (Å²) in [5.41, 5.74) is 4.03. The van der Waals surface area contributed by atoms with Crippen molar-refractivity contribution in [1.29, 1.82) is 0 Å². The Kier molecular flexibility index (Phi) is 2.11. The van der Waals surface area contributed by atoms with Crippen LogP contribution >= 0.6 is 0 Å². The van der Waals surface area contributed by atoms with E-state index in [1.807, 2.05) is 0 Å². The topological polar surface area (TPSA) is 28.4 Å². The molecule has 0 fully saturated rings. The van der Waals surface area contributed by atoms with Crippen molar-refractivity contribution in [3.8, 4) is 0 Å². The highest BCUT2D eigenvalue weighted by atomic mass is 16.3. The van der Waals surface area contributed by atoms with Gasteiger partial charge < -0.3 is 9.67 Å². The molecule has 0 saturated carbocycles. The van der Waals surface area contributed by atoms with Crippen molar-refractivity contribution in [3.05, 3.63) is 35.5 Å². The van der Waals surface area contributed by atoms with Gasteiger partial charge in [0.25, 0.3) is 0 Å². The first-order chi connectivity index (χ1) is 8.77. The number of rotatable bonds is 0. The summed E-state index contributed by atoms with van der Waals surface area (Å²) in [4.78, 5) is 2.43. The van der Waals surface area contributed by atoms with Crippen molar-refractivity contribution in [1.82, 2.24) is 9.47 Å². The Hall–Kier alpha value is -1.32. The van der Waals surface area contributed by atoms with Crippen molar-refractivity contribution in [2.75, 3.05) is 13.6 Å². The Bertz CT molecular complexity index is 616. The van der Waals surface area contributed by atoms with Gasteiger partial charge in [0.1, 0.15) is 6.23 Å². The fraction of sp³-hybridized carbons (Fsp3) is 0.467. The number of hydrogen-bond donors (Lipinski definition) is 1. The van der Waals surface area contributed by atoms with Crippen LogP contribution < -0.4 is 0 Å². The molecular weight excluding hydrogens is 224 g/mol. The second kappa shape index (κ2) is 3.59. The molecule has 2 aliphatic rings. The SMILES string of the molecule is CN1CCc2c3n(c4ccccc24)[C@@H](O)CC[C@@H]31. The maximum atomic E-state index is 10.3. The van der Waals surface area contributed by atoms with Crippen LogP contribution in [0.25, 0.3) is 10.9 Å². The third kappa shape index (κ3) is 1.21. The van der Waals surface area contributed by atoms with Gasteiger partial charge in [-0.15, -0.1) is 0 Å². The summed E-state index contributed by atoms with van der Waals surface area (Å²) in [5, 5.41) is 11.7. The Morgan fingerprint density at radius 1 is 1.22 bits per heavy atom. The summed E-state index contributed by atoms with van der Waals surface area (Å²) in [7, 11) is 2.20. The molecule has 0 bridgehead atoms. The Morgan fingerprint density at radius 3 is 2.94 bits per heavy atom. The molecular formula is C15H18N2O. The molecule has 2 atom stereocenters. The van der Waals surface area contributed by atoms with Crippen LogP contribution in [0, 0.1) is 0 Å². The van der Waals surface area contributed by atoms with Gasteiger partial charge in [0.15, 0.2) is 0 Å². The third-order valence-corrected chi connectivity index (χ3v) is 4.62. The zero-order valence-electron chi connectivity index (χ0n) is 10.6. The molecule has 1 aromatic carbocycles. The fourth-order valence-electron chi connectivity index (χ4n) is 3.74. The molecule has 2 aromatic rings. The van der Waals surface area contributed by atoms with Crippen LogP contribution in [-0.4, -0.2) is 28.2 Å². The summed E-state index contributed by atoms with van der Waals surface area (Å²) >= 11 is 0. The lowest BCUT2D eigenvalue weighted by Crippen LogP contribution is -2.36. The second-order valence-corrected chi connectivity index (χ2v) is 5.56. The normalized spacial score (nSPS) is 27.4. The van der Waals surface area contributed by atoms with Crippen LogP contribution in [0.2, 0.25) is 0 Å². The first-order valence-corrected chi connectivity index (χ1v) is 6.77. The zero-order chi connectivity index (χ0) is 12.3. The number of hydrogen-bond acceptors (Lipinski definition) is 2. The summed E-state index contributed by atoms with van der Waals surface area (Å²) in [6.07, 6.45) is 2.69. The number of benzene rings is 1. The second-order valence-electron chi connectivity index (χ2n) is 5.56. The van der Waals surface area contributed by atoms with E-state index < -0.39 is 0 Å². The van der Waals surface area contributed by atoms with E-state index in [1.54, 1.807) is 0 Å². The maximum Gasteiger partial charge on any atom is 0.131 e. The molecule has 2 aliphatic heterocycles. The maximum absolute atomic E-state index is 10.3. The van der Waals surface area contributed by atoms with Crippen molar-refractivity contribution in [2.24, 2.45) is 0 Å². The molecule has 1 aromatic heterocycles. The number of aliphatic hydroxyl groups excluding tert-OH is 1. The molecule has 0 aliphatic carbocycles. The largest absolute Gasteiger partial charge is 0.373 e. The summed E-state index contributed by atoms with van der Waals surface area (Å²) in [5.74, 6) is 0. The molecule has 0 unspecified atom stereocenters. The van der Waals surface area contributed by atoms with E-state index in [4.69, 9.17) is 0 Å². The molecule has 0 amide bonds. The third-order valence-electron chi connectivity index (χ3n) is 4.62. The van der Waals surface area contributed by atoms with E-state index in [-0.39, 0.29) is 6.23 Å². The van der Waals surface area contributed by atoms with Gasteiger partial charge in [-0.1, -0.05) is 18.2 Å². The van der Waals surface area contributed by atoms with E-state index in [9.17, 15) is 5.11 Å². The molecule has 0 saturated heterocycles. The lowest BCUT2D eigenvalue weighted by atomic mass is 9.92. The Morgan fingerprint density at radius 2 is 2.06 bits per heavy atom. The van der Waals surface area contributed by atoms with Crippen molar-refractivity contribution < 1.29 is 5.11 Å². The molecule has 3 heteroatoms. The van der Waals surface area contributed by atoms with Gasteiger partial charge in [-0.25, -0.2) is 0 Å². The Labute approximate surface area is 107 Å². The quantitative estimate of drug-likeness (QED) is 0.768. The van der Waals surface area contributed by atoms with Gasteiger partial charge in [0, 0.05) is 17.6 Å². The van der Waals surface area contributed by atoms with Crippen molar-refractivity contribution in [2.45, 2.75) is 31.5 Å². The number of aliphatic hydroxyl groups is 1. The lowest BCUT2D eigenvalue weighted by Gasteiger charge is -2.39.